The summed E-state index contributed by atoms with van der Waals surface area (Å²) in [5.74, 6) is -1.12. The summed E-state index contributed by atoms with van der Waals surface area (Å²) in [7, 11) is 1.74. The standard InChI is InChI=1S/C18H22F2N4O/c1-3-16(14-5-4-13(19)12-15(14)20)23-8-10-24(11-9-23)18(25)17-6-7-21-22(17)2/h4-7,12,16H,3,8-11H2,1-2H3/t16-/m1/s1. The van der Waals surface area contributed by atoms with Crippen LogP contribution in [0.3, 0.4) is 0 Å². The number of hydrogen-bond acceptors (Lipinski definition) is 3. The Labute approximate surface area is 145 Å². The number of benzene rings is 1. The Morgan fingerprint density at radius 2 is 1.92 bits per heavy atom. The van der Waals surface area contributed by atoms with Crippen LogP contribution in [0.15, 0.2) is 30.5 Å². The summed E-state index contributed by atoms with van der Waals surface area (Å²) in [6, 6.07) is 5.34. The number of carbonyl (C=O) groups excluding carboxylic acids is 1. The molecule has 2 heterocycles. The minimum Gasteiger partial charge on any atom is -0.335 e. The van der Waals surface area contributed by atoms with Crippen molar-refractivity contribution >= 4 is 5.91 Å². The lowest BCUT2D eigenvalue weighted by Crippen LogP contribution is -2.50. The zero-order valence-electron chi connectivity index (χ0n) is 14.5. The van der Waals surface area contributed by atoms with Gasteiger partial charge in [0.15, 0.2) is 0 Å². The van der Waals surface area contributed by atoms with Gasteiger partial charge in [-0.2, -0.15) is 5.10 Å². The highest BCUT2D eigenvalue weighted by molar-refractivity contribution is 5.92. The van der Waals surface area contributed by atoms with Gasteiger partial charge in [0.25, 0.3) is 5.91 Å². The molecule has 1 aliphatic heterocycles. The highest BCUT2D eigenvalue weighted by atomic mass is 19.1. The van der Waals surface area contributed by atoms with Crippen LogP contribution in [0.5, 0.6) is 0 Å². The average Bonchev–Trinajstić information content (AvgIpc) is 3.03. The minimum atomic E-state index is -0.567. The fraction of sp³-hybridized carbons (Fsp3) is 0.444. The fourth-order valence-corrected chi connectivity index (χ4v) is 3.43. The molecule has 0 bridgehead atoms. The Morgan fingerprint density at radius 1 is 1.20 bits per heavy atom. The van der Waals surface area contributed by atoms with Gasteiger partial charge in [0.1, 0.15) is 17.3 Å². The molecule has 134 valence electrons. The first-order valence-corrected chi connectivity index (χ1v) is 8.47. The number of piperazine rings is 1. The molecular weight excluding hydrogens is 326 g/mol. The molecule has 1 fully saturated rings. The van der Waals surface area contributed by atoms with E-state index in [0.717, 1.165) is 12.5 Å². The molecule has 3 rings (SSSR count). The van der Waals surface area contributed by atoms with Gasteiger partial charge in [-0.1, -0.05) is 13.0 Å². The fourth-order valence-electron chi connectivity index (χ4n) is 3.43. The normalized spacial score (nSPS) is 16.9. The highest BCUT2D eigenvalue weighted by Gasteiger charge is 2.28. The zero-order valence-corrected chi connectivity index (χ0v) is 14.5. The van der Waals surface area contributed by atoms with Crippen molar-refractivity contribution < 1.29 is 13.6 Å². The van der Waals surface area contributed by atoms with Gasteiger partial charge in [-0.3, -0.25) is 14.4 Å². The summed E-state index contributed by atoms with van der Waals surface area (Å²) < 4.78 is 28.9. The number of nitrogens with zero attached hydrogens (tertiary/aromatic N) is 4. The molecule has 1 aromatic heterocycles. The van der Waals surface area contributed by atoms with Crippen molar-refractivity contribution in [3.63, 3.8) is 0 Å². The molecule has 7 heteroatoms. The molecule has 5 nitrogen and oxygen atoms in total. The average molecular weight is 348 g/mol. The third-order valence-corrected chi connectivity index (χ3v) is 4.79. The number of rotatable bonds is 4. The minimum absolute atomic E-state index is 0.0411. The molecule has 0 N–H and O–H groups in total. The first-order chi connectivity index (χ1) is 12.0. The van der Waals surface area contributed by atoms with E-state index in [1.807, 2.05) is 6.92 Å². The van der Waals surface area contributed by atoms with Gasteiger partial charge in [0.05, 0.1) is 0 Å². The molecule has 0 aliphatic carbocycles. The second-order valence-electron chi connectivity index (χ2n) is 6.26. The third kappa shape index (κ3) is 3.56. The van der Waals surface area contributed by atoms with Crippen LogP contribution in [0.4, 0.5) is 8.78 Å². The van der Waals surface area contributed by atoms with E-state index in [-0.39, 0.29) is 11.9 Å². The van der Waals surface area contributed by atoms with Crippen LogP contribution in [0.1, 0.15) is 35.4 Å². The Bertz CT molecular complexity index is 753. The summed E-state index contributed by atoms with van der Waals surface area (Å²) >= 11 is 0. The quantitative estimate of drug-likeness (QED) is 0.853. The van der Waals surface area contributed by atoms with Gasteiger partial charge >= 0.3 is 0 Å². The topological polar surface area (TPSA) is 41.4 Å². The molecule has 1 aromatic carbocycles. The van der Waals surface area contributed by atoms with Crippen molar-refractivity contribution in [3.8, 4) is 0 Å². The SMILES string of the molecule is CC[C@H](c1ccc(F)cc1F)N1CCN(C(=O)c2ccnn2C)CC1. The van der Waals surface area contributed by atoms with Crippen LogP contribution in [0.25, 0.3) is 0 Å². The lowest BCUT2D eigenvalue weighted by atomic mass is 10.0. The lowest BCUT2D eigenvalue weighted by Gasteiger charge is -2.39. The number of amides is 1. The predicted octanol–water partition coefficient (Wildman–Crippen LogP) is 2.61. The summed E-state index contributed by atoms with van der Waals surface area (Å²) in [6.07, 6.45) is 2.33. The lowest BCUT2D eigenvalue weighted by molar-refractivity contribution is 0.0549. The number of hydrogen-bond donors (Lipinski definition) is 0. The second-order valence-corrected chi connectivity index (χ2v) is 6.26. The van der Waals surface area contributed by atoms with Crippen LogP contribution < -0.4 is 0 Å². The van der Waals surface area contributed by atoms with Gasteiger partial charge in [0, 0.05) is 57.1 Å². The first kappa shape index (κ1) is 17.5. The first-order valence-electron chi connectivity index (χ1n) is 8.47. The second kappa shape index (κ2) is 7.31. The molecule has 0 spiro atoms. The predicted molar refractivity (Wildman–Crippen MR) is 90.1 cm³/mol. The molecule has 0 saturated carbocycles. The molecular formula is C18H22F2N4O. The number of halogens is 2. The summed E-state index contributed by atoms with van der Waals surface area (Å²) in [4.78, 5) is 16.5. The van der Waals surface area contributed by atoms with Crippen LogP contribution in [0.2, 0.25) is 0 Å². The van der Waals surface area contributed by atoms with Crippen molar-refractivity contribution in [2.24, 2.45) is 7.05 Å². The van der Waals surface area contributed by atoms with Crippen LogP contribution >= 0.6 is 0 Å². The van der Waals surface area contributed by atoms with Crippen molar-refractivity contribution in [2.75, 3.05) is 26.2 Å². The Kier molecular flexibility index (Phi) is 5.13. The van der Waals surface area contributed by atoms with Crippen molar-refractivity contribution in [3.05, 3.63) is 53.4 Å². The van der Waals surface area contributed by atoms with Crippen LogP contribution in [0, 0.1) is 11.6 Å². The van der Waals surface area contributed by atoms with E-state index in [1.165, 1.54) is 12.1 Å². The summed E-state index contributed by atoms with van der Waals surface area (Å²) in [6.45, 7) is 4.44. The van der Waals surface area contributed by atoms with E-state index in [2.05, 4.69) is 10.00 Å². The van der Waals surface area contributed by atoms with Crippen LogP contribution in [-0.2, 0) is 7.05 Å². The number of carbonyl (C=O) groups is 1. The molecule has 1 amide bonds. The summed E-state index contributed by atoms with van der Waals surface area (Å²) in [5, 5.41) is 4.03. The van der Waals surface area contributed by atoms with Gasteiger partial charge in [-0.05, 0) is 18.6 Å². The van der Waals surface area contributed by atoms with Gasteiger partial charge in [-0.15, -0.1) is 0 Å². The zero-order chi connectivity index (χ0) is 18.0. The number of aryl methyl sites for hydroxylation is 1. The maximum absolute atomic E-state index is 14.1. The van der Waals surface area contributed by atoms with E-state index in [1.54, 1.807) is 28.9 Å². The van der Waals surface area contributed by atoms with E-state index in [4.69, 9.17) is 0 Å². The maximum atomic E-state index is 14.1. The summed E-state index contributed by atoms with van der Waals surface area (Å²) in [5.41, 5.74) is 1.07. The molecule has 0 unspecified atom stereocenters. The Morgan fingerprint density at radius 3 is 2.48 bits per heavy atom. The maximum Gasteiger partial charge on any atom is 0.272 e. The number of aromatic nitrogens is 2. The molecule has 1 atom stereocenters. The highest BCUT2D eigenvalue weighted by Crippen LogP contribution is 2.28. The Balaban J connectivity index is 1.68. The third-order valence-electron chi connectivity index (χ3n) is 4.79. The van der Waals surface area contributed by atoms with Gasteiger partial charge in [0.2, 0.25) is 0 Å². The van der Waals surface area contributed by atoms with E-state index < -0.39 is 11.6 Å². The van der Waals surface area contributed by atoms with E-state index >= 15 is 0 Å². The molecule has 1 aliphatic rings. The molecule has 0 radical (unpaired) electrons. The smallest absolute Gasteiger partial charge is 0.272 e. The van der Waals surface area contributed by atoms with E-state index in [9.17, 15) is 13.6 Å². The van der Waals surface area contributed by atoms with Crippen molar-refractivity contribution in [1.29, 1.82) is 0 Å². The van der Waals surface area contributed by atoms with E-state index in [0.29, 0.717) is 37.4 Å². The monoisotopic (exact) mass is 348 g/mol. The largest absolute Gasteiger partial charge is 0.335 e. The molecule has 1 saturated heterocycles. The molecule has 2 aromatic rings. The van der Waals surface area contributed by atoms with Gasteiger partial charge < -0.3 is 4.90 Å². The molecule has 25 heavy (non-hydrogen) atoms. The van der Waals surface area contributed by atoms with Crippen LogP contribution in [-0.4, -0.2) is 51.7 Å². The van der Waals surface area contributed by atoms with Crippen molar-refractivity contribution in [1.82, 2.24) is 19.6 Å². The van der Waals surface area contributed by atoms with Gasteiger partial charge in [-0.25, -0.2) is 8.78 Å². The Hall–Kier alpha value is -2.28. The van der Waals surface area contributed by atoms with Crippen molar-refractivity contribution in [2.45, 2.75) is 19.4 Å².